The Labute approximate surface area is 121 Å². The lowest BCUT2D eigenvalue weighted by Crippen LogP contribution is -2.63. The average molecular weight is 297 g/mol. The summed E-state index contributed by atoms with van der Waals surface area (Å²) in [4.78, 5) is 27.4. The second kappa shape index (κ2) is 4.98. The van der Waals surface area contributed by atoms with E-state index in [0.29, 0.717) is 6.54 Å². The van der Waals surface area contributed by atoms with E-state index in [1.807, 2.05) is 0 Å². The maximum Gasteiger partial charge on any atom is 0.257 e. The fourth-order valence-electron chi connectivity index (χ4n) is 2.48. The molecule has 0 atom stereocenters. The summed E-state index contributed by atoms with van der Waals surface area (Å²) in [6.07, 6.45) is 0. The number of carbonyl (C=O) groups is 2. The summed E-state index contributed by atoms with van der Waals surface area (Å²) in [5.74, 6) is -2.77. The number of likely N-dealkylation sites (N-methyl/N-ethyl adjacent to an activating group) is 1. The number of piperazine rings is 1. The molecule has 0 spiro atoms. The summed E-state index contributed by atoms with van der Waals surface area (Å²) >= 11 is 0. The Hall–Kier alpha value is -2.18. The lowest BCUT2D eigenvalue weighted by molar-refractivity contribution is -0.144. The van der Waals surface area contributed by atoms with E-state index in [9.17, 15) is 18.4 Å². The van der Waals surface area contributed by atoms with Gasteiger partial charge in [-0.2, -0.15) is 0 Å². The van der Waals surface area contributed by atoms with Gasteiger partial charge in [-0.25, -0.2) is 8.78 Å². The number of rotatable bonds is 1. The van der Waals surface area contributed by atoms with E-state index in [1.165, 1.54) is 9.80 Å². The predicted octanol–water partition coefficient (Wildman–Crippen LogP) is 1.24. The second-order valence-corrected chi connectivity index (χ2v) is 5.60. The Bertz CT molecular complexity index is 616. The highest BCUT2D eigenvalue weighted by atomic mass is 19.1. The molecular formula is C14H17F2N3O2. The van der Waals surface area contributed by atoms with Gasteiger partial charge in [0.2, 0.25) is 5.91 Å². The van der Waals surface area contributed by atoms with Crippen LogP contribution in [-0.2, 0) is 4.79 Å². The predicted molar refractivity (Wildman–Crippen MR) is 73.5 cm³/mol. The molecule has 5 nitrogen and oxygen atoms in total. The molecule has 1 fully saturated rings. The molecule has 1 heterocycles. The van der Waals surface area contributed by atoms with E-state index >= 15 is 0 Å². The van der Waals surface area contributed by atoms with E-state index in [1.54, 1.807) is 20.9 Å². The van der Waals surface area contributed by atoms with Crippen LogP contribution in [0.25, 0.3) is 0 Å². The summed E-state index contributed by atoms with van der Waals surface area (Å²) in [5, 5.41) is 0. The van der Waals surface area contributed by atoms with Crippen molar-refractivity contribution in [3.8, 4) is 0 Å². The molecule has 1 aliphatic rings. The van der Waals surface area contributed by atoms with Gasteiger partial charge < -0.3 is 15.5 Å². The molecule has 2 rings (SSSR count). The van der Waals surface area contributed by atoms with Crippen molar-refractivity contribution in [3.05, 3.63) is 29.3 Å². The van der Waals surface area contributed by atoms with E-state index in [-0.39, 0.29) is 12.5 Å². The van der Waals surface area contributed by atoms with Gasteiger partial charge in [-0.15, -0.1) is 0 Å². The highest BCUT2D eigenvalue weighted by Crippen LogP contribution is 2.26. The zero-order chi connectivity index (χ0) is 15.9. The molecule has 0 saturated carbocycles. The molecule has 0 radical (unpaired) electrons. The zero-order valence-corrected chi connectivity index (χ0v) is 12.1. The van der Waals surface area contributed by atoms with Gasteiger partial charge in [-0.3, -0.25) is 9.59 Å². The van der Waals surface area contributed by atoms with Gasteiger partial charge >= 0.3 is 0 Å². The first-order valence-corrected chi connectivity index (χ1v) is 6.48. The van der Waals surface area contributed by atoms with E-state index in [4.69, 9.17) is 5.73 Å². The molecule has 1 aromatic carbocycles. The number of nitrogens with two attached hydrogens (primary N) is 1. The van der Waals surface area contributed by atoms with Gasteiger partial charge in [0.15, 0.2) is 5.82 Å². The fraction of sp³-hybridized carbons (Fsp3) is 0.429. The molecular weight excluding hydrogens is 280 g/mol. The molecule has 1 saturated heterocycles. The highest BCUT2D eigenvalue weighted by Gasteiger charge is 2.43. The molecule has 0 aliphatic carbocycles. The van der Waals surface area contributed by atoms with Gasteiger partial charge in [-0.1, -0.05) is 0 Å². The SMILES string of the molecule is CN1CCN(C(=O)c2cc(F)cc(N)c2F)C(C)(C)C1=O. The van der Waals surface area contributed by atoms with Crippen molar-refractivity contribution in [3.63, 3.8) is 0 Å². The molecule has 114 valence electrons. The zero-order valence-electron chi connectivity index (χ0n) is 12.1. The Morgan fingerprint density at radius 3 is 2.52 bits per heavy atom. The molecule has 0 aromatic heterocycles. The van der Waals surface area contributed by atoms with Crippen molar-refractivity contribution in [1.82, 2.24) is 9.80 Å². The quantitative estimate of drug-likeness (QED) is 0.793. The number of nitrogen functional groups attached to an aromatic ring is 1. The van der Waals surface area contributed by atoms with Crippen molar-refractivity contribution in [2.75, 3.05) is 25.9 Å². The van der Waals surface area contributed by atoms with E-state index in [2.05, 4.69) is 0 Å². The summed E-state index contributed by atoms with van der Waals surface area (Å²) in [7, 11) is 1.63. The maximum absolute atomic E-state index is 14.0. The van der Waals surface area contributed by atoms with Crippen LogP contribution in [-0.4, -0.2) is 47.3 Å². The average Bonchev–Trinajstić information content (AvgIpc) is 2.39. The highest BCUT2D eigenvalue weighted by molar-refractivity contribution is 6.00. The standard InChI is InChI=1S/C14H17F2N3O2/c1-14(2)13(21)18(3)4-5-19(14)12(20)9-6-8(15)7-10(17)11(9)16/h6-7H,4-5,17H2,1-3H3. The number of hydrogen-bond acceptors (Lipinski definition) is 3. The molecule has 2 N–H and O–H groups in total. The van der Waals surface area contributed by atoms with Crippen LogP contribution < -0.4 is 5.73 Å². The minimum atomic E-state index is -1.13. The third-order valence-corrected chi connectivity index (χ3v) is 3.74. The monoisotopic (exact) mass is 297 g/mol. The largest absolute Gasteiger partial charge is 0.396 e. The number of amides is 2. The van der Waals surface area contributed by atoms with Crippen LogP contribution in [0.3, 0.4) is 0 Å². The minimum Gasteiger partial charge on any atom is -0.396 e. The van der Waals surface area contributed by atoms with Gasteiger partial charge in [-0.05, 0) is 26.0 Å². The molecule has 7 heteroatoms. The summed E-state index contributed by atoms with van der Waals surface area (Å²) in [6.45, 7) is 3.72. The van der Waals surface area contributed by atoms with Gasteiger partial charge in [0.25, 0.3) is 5.91 Å². The first-order chi connectivity index (χ1) is 9.66. The maximum atomic E-state index is 14.0. The first-order valence-electron chi connectivity index (χ1n) is 6.48. The Morgan fingerprint density at radius 2 is 1.90 bits per heavy atom. The van der Waals surface area contributed by atoms with Crippen molar-refractivity contribution in [2.45, 2.75) is 19.4 Å². The van der Waals surface area contributed by atoms with Crippen LogP contribution >= 0.6 is 0 Å². The van der Waals surface area contributed by atoms with Crippen LogP contribution in [0.1, 0.15) is 24.2 Å². The number of carbonyl (C=O) groups excluding carboxylic acids is 2. The summed E-state index contributed by atoms with van der Waals surface area (Å²) in [6, 6.07) is 1.61. The van der Waals surface area contributed by atoms with Gasteiger partial charge in [0.05, 0.1) is 11.3 Å². The molecule has 1 aliphatic heterocycles. The van der Waals surface area contributed by atoms with E-state index < -0.39 is 34.3 Å². The number of halogens is 2. The smallest absolute Gasteiger partial charge is 0.257 e. The van der Waals surface area contributed by atoms with Crippen LogP contribution in [0.5, 0.6) is 0 Å². The van der Waals surface area contributed by atoms with Crippen molar-refractivity contribution >= 4 is 17.5 Å². The molecule has 0 unspecified atom stereocenters. The minimum absolute atomic E-state index is 0.240. The Morgan fingerprint density at radius 1 is 1.29 bits per heavy atom. The summed E-state index contributed by atoms with van der Waals surface area (Å²) < 4.78 is 27.4. The Kier molecular flexibility index (Phi) is 3.61. The van der Waals surface area contributed by atoms with Gasteiger partial charge in [0.1, 0.15) is 11.4 Å². The lowest BCUT2D eigenvalue weighted by atomic mass is 9.96. The van der Waals surface area contributed by atoms with Crippen LogP contribution in [0.15, 0.2) is 12.1 Å². The number of nitrogens with zero attached hydrogens (tertiary/aromatic N) is 2. The van der Waals surface area contributed by atoms with Crippen LogP contribution in [0, 0.1) is 11.6 Å². The molecule has 1 aromatic rings. The van der Waals surface area contributed by atoms with Crippen molar-refractivity contribution in [1.29, 1.82) is 0 Å². The lowest BCUT2D eigenvalue weighted by Gasteiger charge is -2.44. The fourth-order valence-corrected chi connectivity index (χ4v) is 2.48. The number of anilines is 1. The topological polar surface area (TPSA) is 66.6 Å². The Balaban J connectivity index is 2.43. The third kappa shape index (κ3) is 2.43. The van der Waals surface area contributed by atoms with Gasteiger partial charge in [0, 0.05) is 20.1 Å². The molecule has 21 heavy (non-hydrogen) atoms. The van der Waals surface area contributed by atoms with Crippen LogP contribution in [0.2, 0.25) is 0 Å². The number of hydrogen-bond donors (Lipinski definition) is 1. The number of benzene rings is 1. The molecule has 0 bridgehead atoms. The van der Waals surface area contributed by atoms with Crippen molar-refractivity contribution < 1.29 is 18.4 Å². The van der Waals surface area contributed by atoms with E-state index in [0.717, 1.165) is 12.1 Å². The second-order valence-electron chi connectivity index (χ2n) is 5.60. The normalized spacial score (nSPS) is 18.0. The first kappa shape index (κ1) is 15.2. The molecule has 2 amide bonds. The third-order valence-electron chi connectivity index (χ3n) is 3.74. The van der Waals surface area contributed by atoms with Crippen LogP contribution in [0.4, 0.5) is 14.5 Å². The van der Waals surface area contributed by atoms with Crippen molar-refractivity contribution in [2.24, 2.45) is 0 Å². The summed E-state index contributed by atoms with van der Waals surface area (Å²) in [5.41, 5.74) is 3.32.